The maximum absolute atomic E-state index is 12.5. The normalized spacial score (nSPS) is 11.2. The smallest absolute Gasteiger partial charge is 0.406 e. The van der Waals surface area contributed by atoms with Gasteiger partial charge in [-0.2, -0.15) is 13.2 Å². The Labute approximate surface area is 115 Å². The van der Waals surface area contributed by atoms with Crippen LogP contribution in [0.5, 0.6) is 5.75 Å². The molecule has 0 saturated heterocycles. The Hall–Kier alpha value is -1.92. The summed E-state index contributed by atoms with van der Waals surface area (Å²) >= 11 is 0. The van der Waals surface area contributed by atoms with Crippen molar-refractivity contribution < 1.29 is 22.7 Å². The summed E-state index contributed by atoms with van der Waals surface area (Å²) in [5.74, 6) is -0.556. The molecule has 7 heteroatoms. The van der Waals surface area contributed by atoms with E-state index in [4.69, 9.17) is 10.5 Å². The number of halogens is 3. The van der Waals surface area contributed by atoms with Crippen molar-refractivity contribution in [2.24, 2.45) is 0 Å². The van der Waals surface area contributed by atoms with Gasteiger partial charge in [-0.3, -0.25) is 4.79 Å². The largest absolute Gasteiger partial charge is 0.496 e. The number of nitrogens with two attached hydrogens (primary N) is 1. The molecule has 0 aliphatic rings. The lowest BCUT2D eigenvalue weighted by Gasteiger charge is -2.24. The molecule has 0 aliphatic heterocycles. The minimum atomic E-state index is -4.44. The Kier molecular flexibility index (Phi) is 5.24. The maximum atomic E-state index is 12.5. The number of carbonyl (C=O) groups is 1. The summed E-state index contributed by atoms with van der Waals surface area (Å²) in [6.07, 6.45) is -4.01. The maximum Gasteiger partial charge on any atom is 0.406 e. The van der Waals surface area contributed by atoms with E-state index in [0.29, 0.717) is 12.1 Å². The predicted octanol–water partition coefficient (Wildman–Crippen LogP) is 2.69. The standard InChI is InChI=1S/C13H17F3N2O2/c1-3-6-18(8-13(14,15)16)12(19)10-5-4-9(17)7-11(10)20-2/h4-5,7H,3,6,8,17H2,1-2H3. The van der Waals surface area contributed by atoms with Gasteiger partial charge in [0.1, 0.15) is 12.3 Å². The minimum Gasteiger partial charge on any atom is -0.496 e. The van der Waals surface area contributed by atoms with E-state index in [1.54, 1.807) is 6.92 Å². The third kappa shape index (κ3) is 4.32. The van der Waals surface area contributed by atoms with Crippen LogP contribution >= 0.6 is 0 Å². The third-order valence-corrected chi connectivity index (χ3v) is 2.61. The first-order chi connectivity index (χ1) is 9.28. The summed E-state index contributed by atoms with van der Waals surface area (Å²) in [4.78, 5) is 13.0. The van der Waals surface area contributed by atoms with Gasteiger partial charge in [-0.15, -0.1) is 0 Å². The van der Waals surface area contributed by atoms with E-state index in [1.807, 2.05) is 0 Å². The van der Waals surface area contributed by atoms with Crippen LogP contribution in [0.1, 0.15) is 23.7 Å². The molecule has 0 spiro atoms. The molecule has 112 valence electrons. The van der Waals surface area contributed by atoms with Crippen molar-refractivity contribution in [2.45, 2.75) is 19.5 Å². The number of rotatable bonds is 5. The van der Waals surface area contributed by atoms with Gasteiger partial charge in [0.05, 0.1) is 12.7 Å². The van der Waals surface area contributed by atoms with Gasteiger partial charge in [-0.1, -0.05) is 6.92 Å². The van der Waals surface area contributed by atoms with Gasteiger partial charge in [-0.05, 0) is 18.6 Å². The fourth-order valence-electron chi connectivity index (χ4n) is 1.79. The molecule has 1 rings (SSSR count). The van der Waals surface area contributed by atoms with E-state index in [9.17, 15) is 18.0 Å². The highest BCUT2D eigenvalue weighted by Gasteiger charge is 2.33. The number of amides is 1. The van der Waals surface area contributed by atoms with Crippen molar-refractivity contribution in [1.82, 2.24) is 4.90 Å². The zero-order valence-electron chi connectivity index (χ0n) is 11.3. The minimum absolute atomic E-state index is 0.0197. The molecule has 4 nitrogen and oxygen atoms in total. The quantitative estimate of drug-likeness (QED) is 0.848. The Bertz CT molecular complexity index is 475. The van der Waals surface area contributed by atoms with Gasteiger partial charge in [0, 0.05) is 18.3 Å². The Morgan fingerprint density at radius 3 is 2.55 bits per heavy atom. The summed E-state index contributed by atoms with van der Waals surface area (Å²) in [6.45, 7) is 0.440. The van der Waals surface area contributed by atoms with Crippen LogP contribution in [0.3, 0.4) is 0 Å². The Morgan fingerprint density at radius 1 is 1.40 bits per heavy atom. The van der Waals surface area contributed by atoms with Gasteiger partial charge < -0.3 is 15.4 Å². The second kappa shape index (κ2) is 6.49. The van der Waals surface area contributed by atoms with Gasteiger partial charge in [0.15, 0.2) is 0 Å². The van der Waals surface area contributed by atoms with Gasteiger partial charge in [-0.25, -0.2) is 0 Å². The van der Waals surface area contributed by atoms with Crippen molar-refractivity contribution in [3.05, 3.63) is 23.8 Å². The molecule has 0 atom stereocenters. The molecular formula is C13H17F3N2O2. The summed E-state index contributed by atoms with van der Waals surface area (Å²) in [5.41, 5.74) is 6.00. The lowest BCUT2D eigenvalue weighted by Crippen LogP contribution is -2.39. The second-order valence-corrected chi connectivity index (χ2v) is 4.30. The second-order valence-electron chi connectivity index (χ2n) is 4.30. The molecule has 0 unspecified atom stereocenters. The fourth-order valence-corrected chi connectivity index (χ4v) is 1.79. The molecule has 1 aromatic carbocycles. The Morgan fingerprint density at radius 2 is 2.05 bits per heavy atom. The van der Waals surface area contributed by atoms with Gasteiger partial charge in [0.2, 0.25) is 0 Å². The van der Waals surface area contributed by atoms with E-state index in [-0.39, 0.29) is 17.9 Å². The van der Waals surface area contributed by atoms with Crippen LogP contribution in [0.4, 0.5) is 18.9 Å². The summed E-state index contributed by atoms with van der Waals surface area (Å²) in [6, 6.07) is 4.23. The molecule has 20 heavy (non-hydrogen) atoms. The molecule has 1 aromatic rings. The summed E-state index contributed by atoms with van der Waals surface area (Å²) in [5, 5.41) is 0. The van der Waals surface area contributed by atoms with Crippen LogP contribution in [0, 0.1) is 0 Å². The molecule has 0 aromatic heterocycles. The van der Waals surface area contributed by atoms with Crippen molar-refractivity contribution in [3.63, 3.8) is 0 Å². The zero-order chi connectivity index (χ0) is 15.3. The third-order valence-electron chi connectivity index (χ3n) is 2.61. The van der Waals surface area contributed by atoms with Crippen LogP contribution in [0.15, 0.2) is 18.2 Å². The molecular weight excluding hydrogens is 273 g/mol. The van der Waals surface area contributed by atoms with E-state index in [1.165, 1.54) is 25.3 Å². The molecule has 0 fully saturated rings. The molecule has 0 aliphatic carbocycles. The Balaban J connectivity index is 3.06. The number of carbonyl (C=O) groups excluding carboxylic acids is 1. The molecule has 1 amide bonds. The first kappa shape index (κ1) is 16.1. The monoisotopic (exact) mass is 290 g/mol. The zero-order valence-corrected chi connectivity index (χ0v) is 11.3. The van der Waals surface area contributed by atoms with Crippen molar-refractivity contribution in [1.29, 1.82) is 0 Å². The van der Waals surface area contributed by atoms with Crippen molar-refractivity contribution >= 4 is 11.6 Å². The van der Waals surface area contributed by atoms with Crippen molar-refractivity contribution in [2.75, 3.05) is 25.9 Å². The van der Waals surface area contributed by atoms with Crippen LogP contribution in [0.25, 0.3) is 0 Å². The first-order valence-corrected chi connectivity index (χ1v) is 6.08. The van der Waals surface area contributed by atoms with Crippen LogP contribution < -0.4 is 10.5 Å². The first-order valence-electron chi connectivity index (χ1n) is 6.08. The fraction of sp³-hybridized carbons (Fsp3) is 0.462. The lowest BCUT2D eigenvalue weighted by atomic mass is 10.1. The van der Waals surface area contributed by atoms with E-state index in [2.05, 4.69) is 0 Å². The molecule has 0 heterocycles. The predicted molar refractivity (Wildman–Crippen MR) is 69.7 cm³/mol. The number of nitrogen functional groups attached to an aromatic ring is 1. The SMILES string of the molecule is CCCN(CC(F)(F)F)C(=O)c1ccc(N)cc1OC. The van der Waals surface area contributed by atoms with E-state index >= 15 is 0 Å². The number of benzene rings is 1. The average Bonchev–Trinajstić information content (AvgIpc) is 2.35. The lowest BCUT2D eigenvalue weighted by molar-refractivity contribution is -0.140. The van der Waals surface area contributed by atoms with Crippen LogP contribution in [-0.4, -0.2) is 37.2 Å². The number of anilines is 1. The molecule has 2 N–H and O–H groups in total. The number of nitrogens with zero attached hydrogens (tertiary/aromatic N) is 1. The number of hydrogen-bond donors (Lipinski definition) is 1. The van der Waals surface area contributed by atoms with Crippen molar-refractivity contribution in [3.8, 4) is 5.75 Å². The number of ether oxygens (including phenoxy) is 1. The number of hydrogen-bond acceptors (Lipinski definition) is 3. The highest BCUT2D eigenvalue weighted by molar-refractivity contribution is 5.97. The number of alkyl halides is 3. The van der Waals surface area contributed by atoms with Gasteiger partial charge in [0.25, 0.3) is 5.91 Å². The highest BCUT2D eigenvalue weighted by Crippen LogP contribution is 2.25. The van der Waals surface area contributed by atoms with Crippen LogP contribution in [-0.2, 0) is 0 Å². The number of methoxy groups -OCH3 is 1. The average molecular weight is 290 g/mol. The topological polar surface area (TPSA) is 55.6 Å². The van der Waals surface area contributed by atoms with E-state index in [0.717, 1.165) is 4.90 Å². The molecule has 0 saturated carbocycles. The highest BCUT2D eigenvalue weighted by atomic mass is 19.4. The molecule has 0 bridgehead atoms. The summed E-state index contributed by atoms with van der Waals surface area (Å²) in [7, 11) is 1.33. The van der Waals surface area contributed by atoms with Crippen LogP contribution in [0.2, 0.25) is 0 Å². The summed E-state index contributed by atoms with van der Waals surface area (Å²) < 4.78 is 42.5. The van der Waals surface area contributed by atoms with E-state index < -0.39 is 18.6 Å². The molecule has 0 radical (unpaired) electrons. The van der Waals surface area contributed by atoms with Gasteiger partial charge >= 0.3 is 6.18 Å².